The summed E-state index contributed by atoms with van der Waals surface area (Å²) in [5.74, 6) is -0.0641. The van der Waals surface area contributed by atoms with Crippen molar-refractivity contribution in [1.29, 1.82) is 0 Å². The summed E-state index contributed by atoms with van der Waals surface area (Å²) in [4.78, 5) is 12.3. The molecule has 0 aliphatic rings. The minimum absolute atomic E-state index is 0.0641. The largest absolute Gasteiger partial charge is 0.394 e. The summed E-state index contributed by atoms with van der Waals surface area (Å²) in [5, 5.41) is 22.8. The van der Waals surface area contributed by atoms with Crippen LogP contribution in [-0.2, 0) is 4.79 Å². The highest BCUT2D eigenvalue weighted by Gasteiger charge is 2.17. The molecular formula is C35H69NO3. The summed E-state index contributed by atoms with van der Waals surface area (Å²) in [7, 11) is 0. The van der Waals surface area contributed by atoms with Crippen molar-refractivity contribution in [3.05, 3.63) is 12.2 Å². The van der Waals surface area contributed by atoms with Crippen LogP contribution in [0.4, 0.5) is 0 Å². The van der Waals surface area contributed by atoms with Crippen molar-refractivity contribution in [3.8, 4) is 0 Å². The van der Waals surface area contributed by atoms with Crippen LogP contribution in [0.3, 0.4) is 0 Å². The van der Waals surface area contributed by atoms with E-state index in [1.54, 1.807) is 6.08 Å². The van der Waals surface area contributed by atoms with Gasteiger partial charge in [0.2, 0.25) is 5.91 Å². The van der Waals surface area contributed by atoms with Crippen molar-refractivity contribution in [2.45, 2.75) is 199 Å². The van der Waals surface area contributed by atoms with E-state index < -0.39 is 12.1 Å². The van der Waals surface area contributed by atoms with Crippen molar-refractivity contribution in [2.75, 3.05) is 6.61 Å². The number of hydrogen-bond acceptors (Lipinski definition) is 3. The van der Waals surface area contributed by atoms with Crippen molar-refractivity contribution < 1.29 is 15.0 Å². The van der Waals surface area contributed by atoms with Gasteiger partial charge in [-0.3, -0.25) is 4.79 Å². The Morgan fingerprint density at radius 1 is 0.590 bits per heavy atom. The summed E-state index contributed by atoms with van der Waals surface area (Å²) < 4.78 is 0. The number of carbonyl (C=O) groups is 1. The minimum Gasteiger partial charge on any atom is -0.394 e. The molecule has 1 amide bonds. The number of allylic oxidation sites excluding steroid dienone is 1. The summed E-state index contributed by atoms with van der Waals surface area (Å²) >= 11 is 0. The lowest BCUT2D eigenvalue weighted by atomic mass is 10.0. The maximum atomic E-state index is 12.3. The molecule has 232 valence electrons. The second-order valence-corrected chi connectivity index (χ2v) is 11.9. The van der Waals surface area contributed by atoms with E-state index in [-0.39, 0.29) is 12.5 Å². The zero-order chi connectivity index (χ0) is 28.7. The minimum atomic E-state index is -0.830. The molecule has 4 heteroatoms. The molecule has 39 heavy (non-hydrogen) atoms. The number of unbranched alkanes of at least 4 members (excludes halogenated alkanes) is 24. The van der Waals surface area contributed by atoms with Crippen LogP contribution in [0.15, 0.2) is 12.2 Å². The van der Waals surface area contributed by atoms with Crippen molar-refractivity contribution in [1.82, 2.24) is 5.32 Å². The summed E-state index contributed by atoms with van der Waals surface area (Å²) in [6.07, 6.45) is 37.2. The van der Waals surface area contributed by atoms with Crippen LogP contribution >= 0.6 is 0 Å². The molecule has 4 nitrogen and oxygen atoms in total. The van der Waals surface area contributed by atoms with Crippen LogP contribution in [-0.4, -0.2) is 34.9 Å². The third-order valence-electron chi connectivity index (χ3n) is 8.02. The molecule has 0 rings (SSSR count). The summed E-state index contributed by atoms with van der Waals surface area (Å²) in [6, 6.07) is -0.613. The van der Waals surface area contributed by atoms with Gasteiger partial charge in [0.25, 0.3) is 0 Å². The van der Waals surface area contributed by atoms with E-state index in [1.165, 1.54) is 141 Å². The van der Waals surface area contributed by atoms with Crippen molar-refractivity contribution in [3.63, 3.8) is 0 Å². The first-order valence-electron chi connectivity index (χ1n) is 17.4. The SMILES string of the molecule is CCCCCCCCCCC/C=C/[C@@H](O)[C@H](CO)NC(=O)CCCCCCCCCCCCCCCCCC. The van der Waals surface area contributed by atoms with E-state index in [9.17, 15) is 15.0 Å². The van der Waals surface area contributed by atoms with E-state index in [2.05, 4.69) is 19.2 Å². The number of aliphatic hydroxyl groups is 2. The number of aliphatic hydroxyl groups excluding tert-OH is 2. The van der Waals surface area contributed by atoms with Gasteiger partial charge in [0.1, 0.15) is 0 Å². The van der Waals surface area contributed by atoms with Crippen LogP contribution in [0.5, 0.6) is 0 Å². The quantitative estimate of drug-likeness (QED) is 0.0593. The first-order valence-corrected chi connectivity index (χ1v) is 17.4. The first kappa shape index (κ1) is 38.1. The van der Waals surface area contributed by atoms with Gasteiger partial charge in [-0.05, 0) is 19.3 Å². The molecule has 0 aliphatic heterocycles. The highest BCUT2D eigenvalue weighted by Crippen LogP contribution is 2.14. The normalized spacial score (nSPS) is 13.2. The number of hydrogen-bond donors (Lipinski definition) is 3. The van der Waals surface area contributed by atoms with Gasteiger partial charge in [0.05, 0.1) is 18.8 Å². The lowest BCUT2D eigenvalue weighted by molar-refractivity contribution is -0.123. The second kappa shape index (κ2) is 31.7. The molecule has 0 aliphatic carbocycles. The molecule has 0 heterocycles. The van der Waals surface area contributed by atoms with E-state index >= 15 is 0 Å². The Kier molecular flexibility index (Phi) is 30.9. The molecule has 0 unspecified atom stereocenters. The smallest absolute Gasteiger partial charge is 0.220 e. The highest BCUT2D eigenvalue weighted by molar-refractivity contribution is 5.76. The standard InChI is InChI=1S/C35H69NO3/c1-3-5-7-9-11-13-15-16-17-18-19-21-23-25-27-29-31-35(39)36-33(32-37)34(38)30-28-26-24-22-20-14-12-10-8-6-4-2/h28,30,33-34,37-38H,3-27,29,31-32H2,1-2H3,(H,36,39)/b30-28+/t33-,34+/m0/s1. The average Bonchev–Trinajstić information content (AvgIpc) is 2.94. The van der Waals surface area contributed by atoms with Crippen LogP contribution in [0.1, 0.15) is 187 Å². The van der Waals surface area contributed by atoms with Gasteiger partial charge in [-0.1, -0.05) is 174 Å². The number of rotatable bonds is 31. The summed E-state index contributed by atoms with van der Waals surface area (Å²) in [5.41, 5.74) is 0. The molecule has 3 N–H and O–H groups in total. The molecule has 0 aromatic carbocycles. The van der Waals surface area contributed by atoms with Gasteiger partial charge in [-0.25, -0.2) is 0 Å². The Hall–Kier alpha value is -0.870. The Morgan fingerprint density at radius 2 is 0.949 bits per heavy atom. The fraction of sp³-hybridized carbons (Fsp3) is 0.914. The van der Waals surface area contributed by atoms with Crippen LogP contribution < -0.4 is 5.32 Å². The molecule has 0 aromatic heterocycles. The van der Waals surface area contributed by atoms with Gasteiger partial charge in [-0.15, -0.1) is 0 Å². The van der Waals surface area contributed by atoms with E-state index in [1.807, 2.05) is 6.08 Å². The maximum absolute atomic E-state index is 12.3. The molecule has 0 aromatic rings. The van der Waals surface area contributed by atoms with E-state index in [0.29, 0.717) is 6.42 Å². The topological polar surface area (TPSA) is 69.6 Å². The predicted molar refractivity (Wildman–Crippen MR) is 170 cm³/mol. The molecule has 0 radical (unpaired) electrons. The third kappa shape index (κ3) is 28.5. The Labute approximate surface area is 244 Å². The van der Waals surface area contributed by atoms with E-state index in [0.717, 1.165) is 25.7 Å². The zero-order valence-corrected chi connectivity index (χ0v) is 26.4. The van der Waals surface area contributed by atoms with Gasteiger partial charge in [-0.2, -0.15) is 0 Å². The Balaban J connectivity index is 3.59. The van der Waals surface area contributed by atoms with Gasteiger partial charge < -0.3 is 15.5 Å². The second-order valence-electron chi connectivity index (χ2n) is 11.9. The van der Waals surface area contributed by atoms with Crippen LogP contribution in [0, 0.1) is 0 Å². The third-order valence-corrected chi connectivity index (χ3v) is 8.02. The number of amides is 1. The molecule has 0 saturated heterocycles. The average molecular weight is 552 g/mol. The Bertz CT molecular complexity index is 522. The molecule has 2 atom stereocenters. The lowest BCUT2D eigenvalue weighted by Crippen LogP contribution is -2.45. The van der Waals surface area contributed by atoms with Crippen LogP contribution in [0.25, 0.3) is 0 Å². The predicted octanol–water partition coefficient (Wildman–Crippen LogP) is 9.95. The molecule has 0 spiro atoms. The lowest BCUT2D eigenvalue weighted by Gasteiger charge is -2.20. The number of nitrogens with one attached hydrogen (secondary N) is 1. The summed E-state index contributed by atoms with van der Waals surface area (Å²) in [6.45, 7) is 4.29. The molecule has 0 bridgehead atoms. The highest BCUT2D eigenvalue weighted by atomic mass is 16.3. The fourth-order valence-corrected chi connectivity index (χ4v) is 5.29. The zero-order valence-electron chi connectivity index (χ0n) is 26.4. The number of carbonyl (C=O) groups excluding carboxylic acids is 1. The maximum Gasteiger partial charge on any atom is 0.220 e. The molecule has 0 saturated carbocycles. The van der Waals surface area contributed by atoms with Crippen molar-refractivity contribution >= 4 is 5.91 Å². The van der Waals surface area contributed by atoms with Gasteiger partial charge >= 0.3 is 0 Å². The monoisotopic (exact) mass is 552 g/mol. The Morgan fingerprint density at radius 3 is 1.33 bits per heavy atom. The van der Waals surface area contributed by atoms with Gasteiger partial charge in [0, 0.05) is 6.42 Å². The van der Waals surface area contributed by atoms with Gasteiger partial charge in [0.15, 0.2) is 0 Å². The van der Waals surface area contributed by atoms with E-state index in [4.69, 9.17) is 0 Å². The fourth-order valence-electron chi connectivity index (χ4n) is 5.29. The first-order chi connectivity index (χ1) is 19.2. The van der Waals surface area contributed by atoms with Crippen LogP contribution in [0.2, 0.25) is 0 Å². The molecular weight excluding hydrogens is 482 g/mol. The van der Waals surface area contributed by atoms with Crippen molar-refractivity contribution in [2.24, 2.45) is 0 Å². The molecule has 0 fully saturated rings.